The first-order valence-corrected chi connectivity index (χ1v) is 13.6. The van der Waals surface area contributed by atoms with E-state index < -0.39 is 17.4 Å². The SMILES string of the molecule is C[P+](c1ccccc1)(c1ccccc1)c1ccccc1.O=S(=O)([O-])c1ccc(Cl)cc1. The standard InChI is InChI=1S/C19H18P.C6H5ClO3S/c1-20(17-11-5-2-6-12-17,18-13-7-3-8-14-18)19-15-9-4-10-16-19;7-5-1-3-6(4-2-5)11(8,9)10/h2-16H,1H3;1-4H,(H,8,9,10)/q+1;/p-1. The molecule has 4 aromatic rings. The van der Waals surface area contributed by atoms with Gasteiger partial charge in [0.1, 0.15) is 33.3 Å². The zero-order valence-electron chi connectivity index (χ0n) is 16.9. The molecule has 0 atom stereocenters. The van der Waals surface area contributed by atoms with E-state index in [2.05, 4.69) is 97.7 Å². The van der Waals surface area contributed by atoms with Crippen molar-refractivity contribution in [1.29, 1.82) is 0 Å². The summed E-state index contributed by atoms with van der Waals surface area (Å²) in [5.41, 5.74) is 0. The lowest BCUT2D eigenvalue weighted by molar-refractivity contribution is 0.463. The highest BCUT2D eigenvalue weighted by atomic mass is 35.5. The normalized spacial score (nSPS) is 11.3. The van der Waals surface area contributed by atoms with Crippen molar-refractivity contribution in [3.05, 3.63) is 120 Å². The van der Waals surface area contributed by atoms with Crippen molar-refractivity contribution in [2.24, 2.45) is 0 Å². The Bertz CT molecular complexity index is 1100. The minimum atomic E-state index is -4.33. The molecular weight excluding hydrogens is 447 g/mol. The maximum absolute atomic E-state index is 10.3. The van der Waals surface area contributed by atoms with Gasteiger partial charge in [0.05, 0.1) is 11.6 Å². The summed E-state index contributed by atoms with van der Waals surface area (Å²) < 4.78 is 31.0. The maximum Gasteiger partial charge on any atom is 0.124 e. The smallest absolute Gasteiger partial charge is 0.124 e. The van der Waals surface area contributed by atoms with Gasteiger partial charge in [0.25, 0.3) is 0 Å². The van der Waals surface area contributed by atoms with Crippen LogP contribution in [-0.2, 0) is 10.1 Å². The highest BCUT2D eigenvalue weighted by molar-refractivity contribution is 7.95. The quantitative estimate of drug-likeness (QED) is 0.317. The fraction of sp³-hybridized carbons (Fsp3) is 0.0400. The zero-order chi connectivity index (χ0) is 22.3. The molecule has 3 nitrogen and oxygen atoms in total. The molecular formula is C25H22ClO3PS. The van der Waals surface area contributed by atoms with E-state index in [-0.39, 0.29) is 4.90 Å². The minimum absolute atomic E-state index is 0.262. The van der Waals surface area contributed by atoms with Gasteiger partial charge in [-0.15, -0.1) is 0 Å². The number of hydrogen-bond donors (Lipinski definition) is 0. The Balaban J connectivity index is 0.000000210. The van der Waals surface area contributed by atoms with Crippen LogP contribution in [-0.4, -0.2) is 19.6 Å². The van der Waals surface area contributed by atoms with Gasteiger partial charge in [0.15, 0.2) is 0 Å². The van der Waals surface area contributed by atoms with Gasteiger partial charge in [-0.05, 0) is 60.7 Å². The molecule has 0 N–H and O–H groups in total. The van der Waals surface area contributed by atoms with Crippen molar-refractivity contribution in [3.8, 4) is 0 Å². The lowest BCUT2D eigenvalue weighted by atomic mass is 10.4. The zero-order valence-corrected chi connectivity index (χ0v) is 19.4. The largest absolute Gasteiger partial charge is 0.744 e. The van der Waals surface area contributed by atoms with Gasteiger partial charge in [-0.25, -0.2) is 8.42 Å². The van der Waals surface area contributed by atoms with Crippen LogP contribution >= 0.6 is 18.9 Å². The molecule has 0 unspecified atom stereocenters. The lowest BCUT2D eigenvalue weighted by Gasteiger charge is -2.22. The number of halogens is 1. The predicted molar refractivity (Wildman–Crippen MR) is 130 cm³/mol. The van der Waals surface area contributed by atoms with Crippen LogP contribution < -0.4 is 15.9 Å². The van der Waals surface area contributed by atoms with Crippen molar-refractivity contribution in [1.82, 2.24) is 0 Å². The Morgan fingerprint density at radius 1 is 0.613 bits per heavy atom. The molecule has 0 aliphatic heterocycles. The molecule has 0 aliphatic rings. The Hall–Kier alpha value is -2.49. The monoisotopic (exact) mass is 468 g/mol. The summed E-state index contributed by atoms with van der Waals surface area (Å²) in [5, 5.41) is 4.68. The van der Waals surface area contributed by atoms with Crippen molar-refractivity contribution in [3.63, 3.8) is 0 Å². The van der Waals surface area contributed by atoms with E-state index in [0.717, 1.165) is 0 Å². The summed E-state index contributed by atoms with van der Waals surface area (Å²) in [6.45, 7) is 2.41. The third kappa shape index (κ3) is 5.81. The van der Waals surface area contributed by atoms with Gasteiger partial charge in [-0.2, -0.15) is 0 Å². The first-order chi connectivity index (χ1) is 14.8. The number of hydrogen-bond acceptors (Lipinski definition) is 3. The highest BCUT2D eigenvalue weighted by Crippen LogP contribution is 2.51. The third-order valence-corrected chi connectivity index (χ3v) is 10.0. The van der Waals surface area contributed by atoms with Crippen LogP contribution in [0.3, 0.4) is 0 Å². The molecule has 0 spiro atoms. The Morgan fingerprint density at radius 2 is 0.935 bits per heavy atom. The summed E-state index contributed by atoms with van der Waals surface area (Å²) in [7, 11) is -5.85. The first kappa shape index (κ1) is 23.2. The second kappa shape index (κ2) is 10.2. The van der Waals surface area contributed by atoms with Crippen LogP contribution in [0.2, 0.25) is 5.02 Å². The minimum Gasteiger partial charge on any atom is -0.744 e. The van der Waals surface area contributed by atoms with E-state index in [9.17, 15) is 13.0 Å². The summed E-state index contributed by atoms with van der Waals surface area (Å²) in [6.07, 6.45) is 0. The van der Waals surface area contributed by atoms with Gasteiger partial charge in [-0.1, -0.05) is 66.2 Å². The molecule has 4 aromatic carbocycles. The Morgan fingerprint density at radius 3 is 1.23 bits per heavy atom. The van der Waals surface area contributed by atoms with Gasteiger partial charge in [-0.3, -0.25) is 0 Å². The number of rotatable bonds is 4. The molecule has 0 saturated heterocycles. The van der Waals surface area contributed by atoms with E-state index in [4.69, 9.17) is 11.6 Å². The van der Waals surface area contributed by atoms with Crippen LogP contribution in [0.25, 0.3) is 0 Å². The molecule has 6 heteroatoms. The van der Waals surface area contributed by atoms with Gasteiger partial charge < -0.3 is 4.55 Å². The van der Waals surface area contributed by atoms with Crippen LogP contribution in [0.5, 0.6) is 0 Å². The average Bonchev–Trinajstić information content (AvgIpc) is 2.80. The van der Waals surface area contributed by atoms with E-state index in [1.165, 1.54) is 40.2 Å². The Kier molecular flexibility index (Phi) is 7.64. The van der Waals surface area contributed by atoms with Gasteiger partial charge in [0.2, 0.25) is 0 Å². The predicted octanol–water partition coefficient (Wildman–Crippen LogP) is 4.85. The van der Waals surface area contributed by atoms with Crippen molar-refractivity contribution in [2.75, 3.05) is 6.66 Å². The molecule has 0 amide bonds. The second-order valence-corrected chi connectivity index (χ2v) is 12.3. The van der Waals surface area contributed by atoms with Crippen LogP contribution in [0.4, 0.5) is 0 Å². The summed E-state index contributed by atoms with van der Waals surface area (Å²) in [6, 6.07) is 37.7. The molecule has 4 rings (SSSR count). The van der Waals surface area contributed by atoms with Gasteiger partial charge >= 0.3 is 0 Å². The van der Waals surface area contributed by atoms with E-state index in [0.29, 0.717) is 5.02 Å². The first-order valence-electron chi connectivity index (χ1n) is 9.56. The molecule has 0 fully saturated rings. The molecule has 0 aliphatic carbocycles. The highest BCUT2D eigenvalue weighted by Gasteiger charge is 2.39. The molecule has 0 radical (unpaired) electrons. The van der Waals surface area contributed by atoms with Crippen LogP contribution in [0.15, 0.2) is 120 Å². The van der Waals surface area contributed by atoms with Crippen molar-refractivity contribution >= 4 is 44.9 Å². The second-order valence-electron chi connectivity index (χ2n) is 6.92. The Labute approximate surface area is 189 Å². The molecule has 0 aromatic heterocycles. The van der Waals surface area contributed by atoms with Crippen LogP contribution in [0, 0.1) is 0 Å². The fourth-order valence-corrected chi connectivity index (χ4v) is 7.02. The average molecular weight is 469 g/mol. The maximum atomic E-state index is 10.3. The van der Waals surface area contributed by atoms with Gasteiger partial charge in [0, 0.05) is 5.02 Å². The van der Waals surface area contributed by atoms with Crippen molar-refractivity contribution in [2.45, 2.75) is 4.90 Å². The topological polar surface area (TPSA) is 57.2 Å². The van der Waals surface area contributed by atoms with E-state index >= 15 is 0 Å². The third-order valence-electron chi connectivity index (χ3n) is 4.92. The van der Waals surface area contributed by atoms with Crippen molar-refractivity contribution < 1.29 is 13.0 Å². The molecule has 31 heavy (non-hydrogen) atoms. The lowest BCUT2D eigenvalue weighted by Crippen LogP contribution is -2.30. The van der Waals surface area contributed by atoms with E-state index in [1.807, 2.05) is 0 Å². The summed E-state index contributed by atoms with van der Waals surface area (Å²) in [5.74, 6) is 0. The molecule has 0 heterocycles. The van der Waals surface area contributed by atoms with Crippen LogP contribution in [0.1, 0.15) is 0 Å². The van der Waals surface area contributed by atoms with E-state index in [1.54, 1.807) is 0 Å². The summed E-state index contributed by atoms with van der Waals surface area (Å²) >= 11 is 5.46. The fourth-order valence-electron chi connectivity index (χ4n) is 3.23. The number of benzene rings is 4. The molecule has 0 bridgehead atoms. The summed E-state index contributed by atoms with van der Waals surface area (Å²) in [4.78, 5) is -0.262. The molecule has 158 valence electrons. The molecule has 0 saturated carbocycles.